The van der Waals surface area contributed by atoms with Crippen LogP contribution < -0.4 is 20.3 Å². The Kier molecular flexibility index (Phi) is 5.48. The summed E-state index contributed by atoms with van der Waals surface area (Å²) in [6.07, 6.45) is 0. The van der Waals surface area contributed by atoms with Crippen molar-refractivity contribution in [1.29, 1.82) is 0 Å². The zero-order chi connectivity index (χ0) is 19.3. The molecule has 0 bridgehead atoms. The lowest BCUT2D eigenvalue weighted by molar-refractivity contribution is -0.385. The maximum absolute atomic E-state index is 11.9. The van der Waals surface area contributed by atoms with E-state index in [-0.39, 0.29) is 17.1 Å². The molecule has 0 spiro atoms. The number of nitro benzene ring substituents is 1. The number of amides is 1. The number of carbonyl (C=O) groups excluding carboxylic acids is 3. The summed E-state index contributed by atoms with van der Waals surface area (Å²) >= 11 is 0. The Morgan fingerprint density at radius 3 is 2.12 bits per heavy atom. The number of carbonyl (C=O) groups is 3. The predicted octanol–water partition coefficient (Wildman–Crippen LogP) is -0.661. The molecule has 134 valence electrons. The molecule has 0 fully saturated rings. The second-order valence-electron chi connectivity index (χ2n) is 4.94. The smallest absolute Gasteiger partial charge is 0.310 e. The van der Waals surface area contributed by atoms with Crippen LogP contribution in [0.2, 0.25) is 0 Å². The summed E-state index contributed by atoms with van der Waals surface area (Å²) in [5.41, 5.74) is -1.41. The summed E-state index contributed by atoms with van der Waals surface area (Å²) in [7, 11) is 0. The molecule has 0 aliphatic carbocycles. The van der Waals surface area contributed by atoms with Gasteiger partial charge >= 0.3 is 5.69 Å². The quantitative estimate of drug-likeness (QED) is 0.504. The molecule has 0 atom stereocenters. The number of nitro groups is 1. The highest BCUT2D eigenvalue weighted by molar-refractivity contribution is 5.97. The van der Waals surface area contributed by atoms with E-state index < -0.39 is 40.5 Å². The SMILES string of the molecule is O=C(COc1ccccc1[N+](=O)[O-])Nc1cc(C(=O)[O-])cc(C(=O)[O-])c1. The number of nitrogens with zero attached hydrogens (tertiary/aromatic N) is 1. The molecule has 0 saturated heterocycles. The third-order valence-electron chi connectivity index (χ3n) is 3.11. The zero-order valence-corrected chi connectivity index (χ0v) is 13.0. The molecule has 0 aliphatic heterocycles. The van der Waals surface area contributed by atoms with Crippen molar-refractivity contribution >= 4 is 29.2 Å². The van der Waals surface area contributed by atoms with Crippen LogP contribution in [0.5, 0.6) is 5.75 Å². The van der Waals surface area contributed by atoms with E-state index in [0.717, 1.165) is 18.2 Å². The van der Waals surface area contributed by atoms with Crippen molar-refractivity contribution in [3.63, 3.8) is 0 Å². The summed E-state index contributed by atoms with van der Waals surface area (Å²) in [6, 6.07) is 8.21. The molecule has 2 rings (SSSR count). The summed E-state index contributed by atoms with van der Waals surface area (Å²) < 4.78 is 5.08. The fourth-order valence-electron chi connectivity index (χ4n) is 2.01. The first-order chi connectivity index (χ1) is 12.3. The van der Waals surface area contributed by atoms with Crippen molar-refractivity contribution in [1.82, 2.24) is 0 Å². The van der Waals surface area contributed by atoms with Crippen molar-refractivity contribution in [2.45, 2.75) is 0 Å². The number of rotatable bonds is 7. The van der Waals surface area contributed by atoms with Crippen molar-refractivity contribution < 1.29 is 34.3 Å². The minimum absolute atomic E-state index is 0.133. The molecular formula is C16H10N2O8-2. The number of nitrogens with one attached hydrogen (secondary N) is 1. The van der Waals surface area contributed by atoms with Gasteiger partial charge in [0.15, 0.2) is 12.4 Å². The van der Waals surface area contributed by atoms with E-state index in [2.05, 4.69) is 5.32 Å². The number of hydrogen-bond donors (Lipinski definition) is 1. The molecule has 1 N–H and O–H groups in total. The summed E-state index contributed by atoms with van der Waals surface area (Å²) in [5.74, 6) is -4.20. The normalized spacial score (nSPS) is 10.0. The van der Waals surface area contributed by atoms with Gasteiger partial charge in [0.2, 0.25) is 0 Å². The largest absolute Gasteiger partial charge is 0.545 e. The van der Waals surface area contributed by atoms with E-state index in [1.807, 2.05) is 0 Å². The van der Waals surface area contributed by atoms with E-state index in [4.69, 9.17) is 4.74 Å². The highest BCUT2D eigenvalue weighted by atomic mass is 16.6. The minimum atomic E-state index is -1.64. The Morgan fingerprint density at radius 1 is 1.00 bits per heavy atom. The first-order valence-corrected chi connectivity index (χ1v) is 7.02. The number of para-hydroxylation sites is 2. The number of carboxylic acids is 2. The third kappa shape index (κ3) is 4.54. The fraction of sp³-hybridized carbons (Fsp3) is 0.0625. The van der Waals surface area contributed by atoms with E-state index in [1.54, 1.807) is 0 Å². The molecular weight excluding hydrogens is 348 g/mol. The third-order valence-corrected chi connectivity index (χ3v) is 3.11. The molecule has 0 radical (unpaired) electrons. The van der Waals surface area contributed by atoms with Gasteiger partial charge in [0.05, 0.1) is 16.9 Å². The average molecular weight is 358 g/mol. The van der Waals surface area contributed by atoms with Crippen LogP contribution in [0.15, 0.2) is 42.5 Å². The number of benzene rings is 2. The molecule has 10 heteroatoms. The van der Waals surface area contributed by atoms with Crippen LogP contribution in [0, 0.1) is 10.1 Å². The molecule has 0 unspecified atom stereocenters. The lowest BCUT2D eigenvalue weighted by Gasteiger charge is -2.12. The summed E-state index contributed by atoms with van der Waals surface area (Å²) in [4.78, 5) is 43.9. The maximum atomic E-state index is 11.9. The molecule has 0 heterocycles. The molecule has 1 amide bonds. The second kappa shape index (κ2) is 7.75. The van der Waals surface area contributed by atoms with Gasteiger partial charge in [0.25, 0.3) is 5.91 Å². The molecule has 10 nitrogen and oxygen atoms in total. The van der Waals surface area contributed by atoms with Crippen LogP contribution in [0.3, 0.4) is 0 Å². The van der Waals surface area contributed by atoms with Crippen LogP contribution in [-0.4, -0.2) is 29.4 Å². The van der Waals surface area contributed by atoms with Gasteiger partial charge in [-0.15, -0.1) is 0 Å². The first kappa shape index (κ1) is 18.4. The van der Waals surface area contributed by atoms with Gasteiger partial charge in [0.1, 0.15) is 0 Å². The van der Waals surface area contributed by atoms with Crippen molar-refractivity contribution in [3.8, 4) is 5.75 Å². The number of ether oxygens (including phenoxy) is 1. The van der Waals surface area contributed by atoms with Crippen molar-refractivity contribution in [3.05, 3.63) is 63.7 Å². The number of anilines is 1. The average Bonchev–Trinajstić information content (AvgIpc) is 2.59. The number of carboxylic acid groups (broad SMARTS) is 2. The van der Waals surface area contributed by atoms with E-state index >= 15 is 0 Å². The standard InChI is InChI=1S/C16H12N2O8/c19-14(8-26-13-4-2-1-3-12(13)18(24)25)17-11-6-9(15(20)21)5-10(7-11)16(22)23/h1-7H,8H2,(H,17,19)(H,20,21)(H,22,23)/p-2. The number of aromatic carboxylic acids is 2. The second-order valence-corrected chi connectivity index (χ2v) is 4.94. The van der Waals surface area contributed by atoms with Gasteiger partial charge in [-0.1, -0.05) is 12.1 Å². The molecule has 2 aromatic carbocycles. The molecule has 26 heavy (non-hydrogen) atoms. The summed E-state index contributed by atoms with van der Waals surface area (Å²) in [6.45, 7) is -0.624. The van der Waals surface area contributed by atoms with Crippen molar-refractivity contribution in [2.24, 2.45) is 0 Å². The van der Waals surface area contributed by atoms with Crippen LogP contribution >= 0.6 is 0 Å². The monoisotopic (exact) mass is 358 g/mol. The molecule has 2 aromatic rings. The van der Waals surface area contributed by atoms with Gasteiger partial charge in [-0.05, 0) is 35.4 Å². The van der Waals surface area contributed by atoms with Gasteiger partial charge < -0.3 is 29.9 Å². The van der Waals surface area contributed by atoms with Crippen LogP contribution in [-0.2, 0) is 4.79 Å². The van der Waals surface area contributed by atoms with E-state index in [9.17, 15) is 34.7 Å². The maximum Gasteiger partial charge on any atom is 0.310 e. The lowest BCUT2D eigenvalue weighted by Crippen LogP contribution is -2.27. The van der Waals surface area contributed by atoms with Gasteiger partial charge in [-0.3, -0.25) is 14.9 Å². The zero-order valence-electron chi connectivity index (χ0n) is 13.0. The topological polar surface area (TPSA) is 162 Å². The fourth-order valence-corrected chi connectivity index (χ4v) is 2.01. The van der Waals surface area contributed by atoms with Crippen LogP contribution in [0.4, 0.5) is 11.4 Å². The Labute approximate surface area is 145 Å². The Bertz CT molecular complexity index is 861. The number of hydrogen-bond acceptors (Lipinski definition) is 8. The minimum Gasteiger partial charge on any atom is -0.545 e. The van der Waals surface area contributed by atoms with Crippen LogP contribution in [0.25, 0.3) is 0 Å². The van der Waals surface area contributed by atoms with Gasteiger partial charge in [0, 0.05) is 11.8 Å². The Hall–Kier alpha value is -3.95. The van der Waals surface area contributed by atoms with Crippen molar-refractivity contribution in [2.75, 3.05) is 11.9 Å². The Morgan fingerprint density at radius 2 is 1.58 bits per heavy atom. The highest BCUT2D eigenvalue weighted by Crippen LogP contribution is 2.25. The Balaban J connectivity index is 2.12. The molecule has 0 aromatic heterocycles. The van der Waals surface area contributed by atoms with Gasteiger partial charge in [-0.2, -0.15) is 0 Å². The highest BCUT2D eigenvalue weighted by Gasteiger charge is 2.15. The summed E-state index contributed by atoms with van der Waals surface area (Å²) in [5, 5.41) is 34.9. The van der Waals surface area contributed by atoms with Crippen LogP contribution in [0.1, 0.15) is 20.7 Å². The lowest BCUT2D eigenvalue weighted by atomic mass is 10.1. The van der Waals surface area contributed by atoms with E-state index in [1.165, 1.54) is 24.3 Å². The predicted molar refractivity (Wildman–Crippen MR) is 82.3 cm³/mol. The first-order valence-electron chi connectivity index (χ1n) is 7.02. The molecule has 0 aliphatic rings. The van der Waals surface area contributed by atoms with Gasteiger partial charge in [-0.25, -0.2) is 0 Å². The van der Waals surface area contributed by atoms with E-state index in [0.29, 0.717) is 0 Å². The molecule has 0 saturated carbocycles.